The van der Waals surface area contributed by atoms with Crippen molar-refractivity contribution in [3.63, 3.8) is 0 Å². The largest absolute Gasteiger partial charge is 0.495 e. The lowest BCUT2D eigenvalue weighted by atomic mass is 10.2. The summed E-state index contributed by atoms with van der Waals surface area (Å²) in [5, 5.41) is 10.4. The number of amides is 2. The topological polar surface area (TPSA) is 111 Å². The molecule has 0 aliphatic heterocycles. The molecule has 0 spiro atoms. The van der Waals surface area contributed by atoms with Crippen LogP contribution < -0.4 is 20.5 Å². The summed E-state index contributed by atoms with van der Waals surface area (Å²) in [4.78, 5) is 11.9. The van der Waals surface area contributed by atoms with E-state index in [0.29, 0.717) is 11.4 Å². The number of methoxy groups -OCH3 is 1. The number of carbonyl (C=O) groups excluding carboxylic acids is 1. The molecule has 0 heterocycles. The van der Waals surface area contributed by atoms with E-state index < -0.39 is 16.1 Å². The average Bonchev–Trinajstić information content (AvgIpc) is 2.53. The maximum absolute atomic E-state index is 11.9. The van der Waals surface area contributed by atoms with Gasteiger partial charge in [-0.2, -0.15) is 0 Å². The van der Waals surface area contributed by atoms with Crippen LogP contribution in [0.2, 0.25) is 0 Å². The summed E-state index contributed by atoms with van der Waals surface area (Å²) >= 11 is 0. The second kappa shape index (κ2) is 7.12. The maximum Gasteiger partial charge on any atom is 0.319 e. The Bertz CT molecular complexity index is 789. The SMILES string of the molecule is COc1ccccc1NC(=O)NCc1ccc(S(N)(=O)=O)cc1. The van der Waals surface area contributed by atoms with Gasteiger partial charge >= 0.3 is 6.03 Å². The molecule has 0 bridgehead atoms. The second-order valence-electron chi connectivity index (χ2n) is 4.70. The number of urea groups is 1. The fourth-order valence-electron chi connectivity index (χ4n) is 1.89. The molecule has 0 fully saturated rings. The zero-order valence-corrected chi connectivity index (χ0v) is 13.3. The molecule has 0 radical (unpaired) electrons. The summed E-state index contributed by atoms with van der Waals surface area (Å²) in [5.41, 5.74) is 1.30. The Kier molecular flexibility index (Phi) is 5.20. The molecule has 0 unspecified atom stereocenters. The van der Waals surface area contributed by atoms with Crippen LogP contribution in [0.3, 0.4) is 0 Å². The molecule has 2 aromatic rings. The Balaban J connectivity index is 1.94. The second-order valence-corrected chi connectivity index (χ2v) is 6.26. The quantitative estimate of drug-likeness (QED) is 0.771. The van der Waals surface area contributed by atoms with Gasteiger partial charge in [0.25, 0.3) is 0 Å². The van der Waals surface area contributed by atoms with Crippen molar-refractivity contribution in [3.05, 3.63) is 54.1 Å². The first-order valence-corrected chi connectivity index (χ1v) is 8.24. The lowest BCUT2D eigenvalue weighted by Crippen LogP contribution is -2.28. The van der Waals surface area contributed by atoms with E-state index >= 15 is 0 Å². The van der Waals surface area contributed by atoms with E-state index in [9.17, 15) is 13.2 Å². The number of benzene rings is 2. The molecule has 0 saturated heterocycles. The Hall–Kier alpha value is -2.58. The van der Waals surface area contributed by atoms with Gasteiger partial charge in [0.1, 0.15) is 5.75 Å². The van der Waals surface area contributed by atoms with Crippen LogP contribution in [0.4, 0.5) is 10.5 Å². The summed E-state index contributed by atoms with van der Waals surface area (Å²) in [6.45, 7) is 0.242. The first kappa shape index (κ1) is 16.8. The van der Waals surface area contributed by atoms with Crippen LogP contribution >= 0.6 is 0 Å². The molecule has 2 aromatic carbocycles. The van der Waals surface area contributed by atoms with Crippen molar-refractivity contribution in [1.29, 1.82) is 0 Å². The Morgan fingerprint density at radius 1 is 1.13 bits per heavy atom. The minimum absolute atomic E-state index is 0.0275. The predicted molar refractivity (Wildman–Crippen MR) is 86.7 cm³/mol. The zero-order chi connectivity index (χ0) is 16.9. The fraction of sp³-hybridized carbons (Fsp3) is 0.133. The minimum atomic E-state index is -3.71. The molecule has 8 heteroatoms. The van der Waals surface area contributed by atoms with E-state index in [1.54, 1.807) is 36.4 Å². The van der Waals surface area contributed by atoms with Crippen LogP contribution in [-0.4, -0.2) is 21.6 Å². The molecule has 0 atom stereocenters. The molecule has 2 amide bonds. The summed E-state index contributed by atoms with van der Waals surface area (Å²) in [6, 6.07) is 12.6. The average molecular weight is 335 g/mol. The third-order valence-corrected chi connectivity index (χ3v) is 3.99. The lowest BCUT2D eigenvalue weighted by molar-refractivity contribution is 0.251. The Labute approximate surface area is 134 Å². The Morgan fingerprint density at radius 2 is 1.78 bits per heavy atom. The number of para-hydroxylation sites is 2. The molecule has 0 saturated carbocycles. The molecule has 2 rings (SSSR count). The van der Waals surface area contributed by atoms with Crippen molar-refractivity contribution in [2.45, 2.75) is 11.4 Å². The third-order valence-electron chi connectivity index (χ3n) is 3.06. The van der Waals surface area contributed by atoms with Crippen LogP contribution in [0.5, 0.6) is 5.75 Å². The Morgan fingerprint density at radius 3 is 2.39 bits per heavy atom. The number of ether oxygens (including phenoxy) is 1. The molecule has 0 aliphatic rings. The number of hydrogen-bond acceptors (Lipinski definition) is 4. The summed E-state index contributed by atoms with van der Waals surface area (Å²) in [7, 11) is -2.19. The smallest absolute Gasteiger partial charge is 0.319 e. The van der Waals surface area contributed by atoms with Crippen molar-refractivity contribution < 1.29 is 17.9 Å². The van der Waals surface area contributed by atoms with Gasteiger partial charge in [0.15, 0.2) is 0 Å². The van der Waals surface area contributed by atoms with Crippen molar-refractivity contribution in [3.8, 4) is 5.75 Å². The van der Waals surface area contributed by atoms with Gasteiger partial charge in [-0.3, -0.25) is 0 Å². The number of anilines is 1. The van der Waals surface area contributed by atoms with E-state index in [1.165, 1.54) is 19.2 Å². The monoisotopic (exact) mass is 335 g/mol. The van der Waals surface area contributed by atoms with E-state index in [-0.39, 0.29) is 11.4 Å². The van der Waals surface area contributed by atoms with Gasteiger partial charge in [-0.1, -0.05) is 24.3 Å². The van der Waals surface area contributed by atoms with Crippen molar-refractivity contribution >= 4 is 21.7 Å². The first-order valence-electron chi connectivity index (χ1n) is 6.70. The molecule has 122 valence electrons. The number of primary sulfonamides is 1. The molecular formula is C15H17N3O4S. The summed E-state index contributed by atoms with van der Waals surface area (Å²) < 4.78 is 27.5. The summed E-state index contributed by atoms with van der Waals surface area (Å²) in [5.74, 6) is 0.556. The van der Waals surface area contributed by atoms with Gasteiger partial charge in [-0.25, -0.2) is 18.4 Å². The normalized spacial score (nSPS) is 10.9. The van der Waals surface area contributed by atoms with Gasteiger partial charge in [-0.05, 0) is 29.8 Å². The number of nitrogens with two attached hydrogens (primary N) is 1. The van der Waals surface area contributed by atoms with Crippen molar-refractivity contribution in [2.24, 2.45) is 5.14 Å². The van der Waals surface area contributed by atoms with E-state index in [2.05, 4.69) is 10.6 Å². The van der Waals surface area contributed by atoms with Crippen molar-refractivity contribution in [1.82, 2.24) is 5.32 Å². The highest BCUT2D eigenvalue weighted by molar-refractivity contribution is 7.89. The minimum Gasteiger partial charge on any atom is -0.495 e. The zero-order valence-electron chi connectivity index (χ0n) is 12.4. The predicted octanol–water partition coefficient (Wildman–Crippen LogP) is 1.66. The van der Waals surface area contributed by atoms with E-state index in [4.69, 9.17) is 9.88 Å². The molecule has 23 heavy (non-hydrogen) atoms. The number of sulfonamides is 1. The number of hydrogen-bond donors (Lipinski definition) is 3. The van der Waals surface area contributed by atoms with Crippen LogP contribution in [0.1, 0.15) is 5.56 Å². The van der Waals surface area contributed by atoms with E-state index in [0.717, 1.165) is 5.56 Å². The molecule has 0 aromatic heterocycles. The molecule has 7 nitrogen and oxygen atoms in total. The number of rotatable bonds is 5. The maximum atomic E-state index is 11.9. The van der Waals surface area contributed by atoms with Crippen LogP contribution in [0.25, 0.3) is 0 Å². The van der Waals surface area contributed by atoms with E-state index in [1.807, 2.05) is 0 Å². The van der Waals surface area contributed by atoms with Gasteiger partial charge in [0, 0.05) is 6.54 Å². The van der Waals surface area contributed by atoms with Gasteiger partial charge in [0.2, 0.25) is 10.0 Å². The van der Waals surface area contributed by atoms with Gasteiger partial charge < -0.3 is 15.4 Å². The van der Waals surface area contributed by atoms with Gasteiger partial charge in [-0.15, -0.1) is 0 Å². The standard InChI is InChI=1S/C15H17N3O4S/c1-22-14-5-3-2-4-13(14)18-15(19)17-10-11-6-8-12(9-7-11)23(16,20)21/h2-9H,10H2,1H3,(H2,16,20,21)(H2,17,18,19). The number of nitrogens with one attached hydrogen (secondary N) is 2. The lowest BCUT2D eigenvalue weighted by Gasteiger charge is -2.11. The highest BCUT2D eigenvalue weighted by atomic mass is 32.2. The third kappa shape index (κ3) is 4.70. The highest BCUT2D eigenvalue weighted by Crippen LogP contribution is 2.22. The molecule has 4 N–H and O–H groups in total. The van der Waals surface area contributed by atoms with Crippen LogP contribution in [0, 0.1) is 0 Å². The van der Waals surface area contributed by atoms with Crippen LogP contribution in [0.15, 0.2) is 53.4 Å². The molecule has 0 aliphatic carbocycles. The van der Waals surface area contributed by atoms with Gasteiger partial charge in [0.05, 0.1) is 17.7 Å². The summed E-state index contributed by atoms with van der Waals surface area (Å²) in [6.07, 6.45) is 0. The molecular weight excluding hydrogens is 318 g/mol. The first-order chi connectivity index (χ1) is 10.9. The fourth-order valence-corrected chi connectivity index (χ4v) is 2.41. The van der Waals surface area contributed by atoms with Crippen LogP contribution in [-0.2, 0) is 16.6 Å². The highest BCUT2D eigenvalue weighted by Gasteiger charge is 2.08. The number of carbonyl (C=O) groups is 1. The van der Waals surface area contributed by atoms with Crippen molar-refractivity contribution in [2.75, 3.05) is 12.4 Å².